The van der Waals surface area contributed by atoms with Crippen LogP contribution >= 0.6 is 0 Å². The lowest BCUT2D eigenvalue weighted by Crippen LogP contribution is -2.48. The van der Waals surface area contributed by atoms with Crippen molar-refractivity contribution in [3.63, 3.8) is 0 Å². The number of carbonyl (C=O) groups excluding carboxylic acids is 1. The Bertz CT molecular complexity index is 520. The average molecular weight is 271 g/mol. The summed E-state index contributed by atoms with van der Waals surface area (Å²) in [6.45, 7) is -0.0116. The van der Waals surface area contributed by atoms with Crippen molar-refractivity contribution in [2.45, 2.75) is 6.10 Å². The molecule has 1 N–H and O–H groups in total. The third-order valence-corrected chi connectivity index (χ3v) is 2.79. The monoisotopic (exact) mass is 271 g/mol. The minimum absolute atomic E-state index is 0.0413. The van der Waals surface area contributed by atoms with Crippen LogP contribution in [0.15, 0.2) is 18.2 Å². The van der Waals surface area contributed by atoms with Crippen molar-refractivity contribution in [1.82, 2.24) is 4.90 Å². The molecule has 1 aromatic carbocycles. The molecule has 1 aliphatic heterocycles. The summed E-state index contributed by atoms with van der Waals surface area (Å²) in [7, 11) is 0. The van der Waals surface area contributed by atoms with Gasteiger partial charge in [-0.1, -0.05) is 0 Å². The number of morpholine rings is 1. The first-order valence-electron chi connectivity index (χ1n) is 5.58. The van der Waals surface area contributed by atoms with Crippen LogP contribution < -0.4 is 0 Å². The van der Waals surface area contributed by atoms with Gasteiger partial charge < -0.3 is 14.7 Å². The summed E-state index contributed by atoms with van der Waals surface area (Å²) in [5, 5.41) is 8.81. The van der Waals surface area contributed by atoms with Crippen molar-refractivity contribution in [2.24, 2.45) is 0 Å². The van der Waals surface area contributed by atoms with E-state index in [1.807, 2.05) is 0 Å². The first kappa shape index (κ1) is 13.4. The number of carboxylic acid groups (broad SMARTS) is 1. The molecule has 102 valence electrons. The highest BCUT2D eigenvalue weighted by Crippen LogP contribution is 2.15. The number of benzene rings is 1. The Hall–Kier alpha value is -2.02. The molecule has 1 heterocycles. The molecule has 0 saturated carbocycles. The van der Waals surface area contributed by atoms with Crippen LogP contribution in [0.25, 0.3) is 0 Å². The minimum atomic E-state index is -1.20. The van der Waals surface area contributed by atoms with Gasteiger partial charge in [-0.25, -0.2) is 13.6 Å². The van der Waals surface area contributed by atoms with Gasteiger partial charge >= 0.3 is 5.97 Å². The molecule has 1 amide bonds. The van der Waals surface area contributed by atoms with Crippen molar-refractivity contribution in [2.75, 3.05) is 19.7 Å². The van der Waals surface area contributed by atoms with Gasteiger partial charge in [-0.15, -0.1) is 0 Å². The van der Waals surface area contributed by atoms with E-state index in [4.69, 9.17) is 9.84 Å². The quantitative estimate of drug-likeness (QED) is 0.867. The average Bonchev–Trinajstić information content (AvgIpc) is 2.41. The Morgan fingerprint density at radius 2 is 2.11 bits per heavy atom. The zero-order valence-electron chi connectivity index (χ0n) is 9.81. The first-order valence-corrected chi connectivity index (χ1v) is 5.58. The van der Waals surface area contributed by atoms with Gasteiger partial charge in [-0.2, -0.15) is 0 Å². The number of amides is 1. The smallest absolute Gasteiger partial charge is 0.334 e. The summed E-state index contributed by atoms with van der Waals surface area (Å²) < 4.78 is 31.4. The third-order valence-electron chi connectivity index (χ3n) is 2.79. The molecular formula is C12H11F2NO4. The van der Waals surface area contributed by atoms with Gasteiger partial charge in [0, 0.05) is 6.54 Å². The maximum atomic E-state index is 13.5. The largest absolute Gasteiger partial charge is 0.479 e. The molecule has 0 aliphatic carbocycles. The first-order chi connectivity index (χ1) is 8.99. The van der Waals surface area contributed by atoms with Gasteiger partial charge in [0.05, 0.1) is 18.7 Å². The minimum Gasteiger partial charge on any atom is -0.479 e. The summed E-state index contributed by atoms with van der Waals surface area (Å²) >= 11 is 0. The SMILES string of the molecule is O=C(O)[C@@H]1CN(C(=O)c2cc(F)ccc2F)CCO1. The summed E-state index contributed by atoms with van der Waals surface area (Å²) in [6, 6.07) is 2.56. The normalized spacial score (nSPS) is 19.3. The van der Waals surface area contributed by atoms with Gasteiger partial charge in [0.2, 0.25) is 0 Å². The van der Waals surface area contributed by atoms with Gasteiger partial charge in [-0.3, -0.25) is 4.79 Å². The Balaban J connectivity index is 2.19. The van der Waals surface area contributed by atoms with E-state index >= 15 is 0 Å². The highest BCUT2D eigenvalue weighted by molar-refractivity contribution is 5.95. The number of aliphatic carboxylic acids is 1. The Morgan fingerprint density at radius 1 is 1.37 bits per heavy atom. The summed E-state index contributed by atoms with van der Waals surface area (Å²) in [5.74, 6) is -3.51. The van der Waals surface area contributed by atoms with Gasteiger partial charge in [0.25, 0.3) is 5.91 Å². The van der Waals surface area contributed by atoms with Crippen molar-refractivity contribution < 1.29 is 28.2 Å². The van der Waals surface area contributed by atoms with E-state index in [0.29, 0.717) is 0 Å². The number of carbonyl (C=O) groups is 2. The molecule has 5 nitrogen and oxygen atoms in total. The number of hydrogen-bond acceptors (Lipinski definition) is 3. The van der Waals surface area contributed by atoms with Crippen LogP contribution in [0.4, 0.5) is 8.78 Å². The predicted molar refractivity (Wildman–Crippen MR) is 59.6 cm³/mol. The van der Waals surface area contributed by atoms with E-state index < -0.39 is 35.2 Å². The molecule has 0 spiro atoms. The maximum absolute atomic E-state index is 13.5. The molecule has 0 aromatic heterocycles. The summed E-state index contributed by atoms with van der Waals surface area (Å²) in [6.07, 6.45) is -1.14. The van der Waals surface area contributed by atoms with Crippen molar-refractivity contribution >= 4 is 11.9 Å². The van der Waals surface area contributed by atoms with Crippen LogP contribution in [-0.4, -0.2) is 47.7 Å². The zero-order chi connectivity index (χ0) is 14.0. The molecule has 0 bridgehead atoms. The maximum Gasteiger partial charge on any atom is 0.334 e. The lowest BCUT2D eigenvalue weighted by atomic mass is 10.1. The van der Waals surface area contributed by atoms with Crippen molar-refractivity contribution in [3.05, 3.63) is 35.4 Å². The van der Waals surface area contributed by atoms with E-state index in [9.17, 15) is 18.4 Å². The highest BCUT2D eigenvalue weighted by atomic mass is 19.1. The second-order valence-electron chi connectivity index (χ2n) is 4.07. The molecule has 7 heteroatoms. The summed E-state index contributed by atoms with van der Waals surface area (Å²) in [4.78, 5) is 23.9. The molecule has 1 aliphatic rings. The van der Waals surface area contributed by atoms with Crippen LogP contribution in [-0.2, 0) is 9.53 Å². The second-order valence-corrected chi connectivity index (χ2v) is 4.07. The van der Waals surface area contributed by atoms with E-state index in [-0.39, 0.29) is 19.7 Å². The van der Waals surface area contributed by atoms with Crippen molar-refractivity contribution in [1.29, 1.82) is 0 Å². The van der Waals surface area contributed by atoms with Crippen LogP contribution in [0.5, 0.6) is 0 Å². The molecule has 1 saturated heterocycles. The van der Waals surface area contributed by atoms with Crippen molar-refractivity contribution in [3.8, 4) is 0 Å². The third kappa shape index (κ3) is 2.87. The molecule has 1 atom stereocenters. The number of hydrogen-bond donors (Lipinski definition) is 1. The van der Waals surface area contributed by atoms with E-state index in [0.717, 1.165) is 23.1 Å². The Kier molecular flexibility index (Phi) is 3.75. The molecule has 1 fully saturated rings. The summed E-state index contributed by atoms with van der Waals surface area (Å²) in [5.41, 5.74) is -0.411. The van der Waals surface area contributed by atoms with E-state index in [1.54, 1.807) is 0 Å². The topological polar surface area (TPSA) is 66.8 Å². The molecule has 2 rings (SSSR count). The standard InChI is InChI=1S/C12H11F2NO4/c13-7-1-2-9(14)8(5-7)11(16)15-3-4-19-10(6-15)12(17)18/h1-2,5,10H,3-4,6H2,(H,17,18)/t10-/m0/s1. The van der Waals surface area contributed by atoms with Crippen LogP contribution in [0, 0.1) is 11.6 Å². The number of carboxylic acids is 1. The van der Waals surface area contributed by atoms with E-state index in [1.165, 1.54) is 0 Å². The van der Waals surface area contributed by atoms with Crippen LogP contribution in [0.3, 0.4) is 0 Å². The highest BCUT2D eigenvalue weighted by Gasteiger charge is 2.30. The zero-order valence-corrected chi connectivity index (χ0v) is 9.81. The second kappa shape index (κ2) is 5.31. The molecule has 19 heavy (non-hydrogen) atoms. The molecule has 0 radical (unpaired) electrons. The van der Waals surface area contributed by atoms with Crippen LogP contribution in [0.2, 0.25) is 0 Å². The molecule has 1 aromatic rings. The van der Waals surface area contributed by atoms with Gasteiger partial charge in [0.1, 0.15) is 11.6 Å². The number of nitrogens with zero attached hydrogens (tertiary/aromatic N) is 1. The number of rotatable bonds is 2. The predicted octanol–water partition coefficient (Wildman–Crippen LogP) is 0.890. The Morgan fingerprint density at radius 3 is 2.79 bits per heavy atom. The van der Waals surface area contributed by atoms with E-state index in [2.05, 4.69) is 0 Å². The Labute approximate surface area is 107 Å². The van der Waals surface area contributed by atoms with Gasteiger partial charge in [-0.05, 0) is 18.2 Å². The molecular weight excluding hydrogens is 260 g/mol. The number of ether oxygens (including phenoxy) is 1. The van der Waals surface area contributed by atoms with Crippen LogP contribution in [0.1, 0.15) is 10.4 Å². The fraction of sp³-hybridized carbons (Fsp3) is 0.333. The fourth-order valence-corrected chi connectivity index (χ4v) is 1.81. The lowest BCUT2D eigenvalue weighted by Gasteiger charge is -2.30. The fourth-order valence-electron chi connectivity index (χ4n) is 1.81. The number of halogens is 2. The van der Waals surface area contributed by atoms with Gasteiger partial charge in [0.15, 0.2) is 6.10 Å². The molecule has 0 unspecified atom stereocenters. The lowest BCUT2D eigenvalue weighted by molar-refractivity contribution is -0.154.